The molecule has 2 rings (SSSR count). The topological polar surface area (TPSA) is 55.9 Å². The fourth-order valence-corrected chi connectivity index (χ4v) is 1.72. The van der Waals surface area contributed by atoms with E-state index >= 15 is 0 Å². The molecule has 5 nitrogen and oxygen atoms in total. The summed E-state index contributed by atoms with van der Waals surface area (Å²) in [5.41, 5.74) is 0.830. The van der Waals surface area contributed by atoms with Crippen LogP contribution in [0.15, 0.2) is 22.9 Å². The molecular formula is C13H20N4O. The van der Waals surface area contributed by atoms with E-state index in [1.807, 2.05) is 19.3 Å². The van der Waals surface area contributed by atoms with Crippen molar-refractivity contribution < 1.29 is 4.42 Å². The van der Waals surface area contributed by atoms with Crippen molar-refractivity contribution in [1.82, 2.24) is 20.1 Å². The van der Waals surface area contributed by atoms with E-state index in [0.717, 1.165) is 36.7 Å². The molecular weight excluding hydrogens is 228 g/mol. The van der Waals surface area contributed by atoms with Crippen molar-refractivity contribution in [1.29, 1.82) is 0 Å². The molecule has 0 spiro atoms. The molecule has 2 aromatic rings. The van der Waals surface area contributed by atoms with Gasteiger partial charge in [0.1, 0.15) is 5.69 Å². The first-order valence-corrected chi connectivity index (χ1v) is 6.33. The SMILES string of the molecule is CC(C)NCCCc1ncc(-c2ccn(C)n2)o1. The van der Waals surface area contributed by atoms with Gasteiger partial charge in [-0.25, -0.2) is 4.98 Å². The Bertz CT molecular complexity index is 487. The van der Waals surface area contributed by atoms with Crippen LogP contribution in [-0.4, -0.2) is 27.4 Å². The Balaban J connectivity index is 1.86. The first-order valence-electron chi connectivity index (χ1n) is 6.33. The molecule has 0 bridgehead atoms. The fourth-order valence-electron chi connectivity index (χ4n) is 1.72. The highest BCUT2D eigenvalue weighted by molar-refractivity contribution is 5.49. The second-order valence-corrected chi connectivity index (χ2v) is 4.71. The summed E-state index contributed by atoms with van der Waals surface area (Å²) in [5, 5.41) is 7.66. The molecule has 0 aliphatic carbocycles. The van der Waals surface area contributed by atoms with Crippen molar-refractivity contribution in [3.63, 3.8) is 0 Å². The van der Waals surface area contributed by atoms with Crippen LogP contribution in [0.4, 0.5) is 0 Å². The van der Waals surface area contributed by atoms with Crippen LogP contribution in [0.2, 0.25) is 0 Å². The molecule has 0 aromatic carbocycles. The standard InChI is InChI=1S/C13H20N4O/c1-10(2)14-7-4-5-13-15-9-12(18-13)11-6-8-17(3)16-11/h6,8-10,14H,4-5,7H2,1-3H3. The molecule has 0 radical (unpaired) electrons. The zero-order valence-corrected chi connectivity index (χ0v) is 11.2. The molecule has 0 fully saturated rings. The van der Waals surface area contributed by atoms with E-state index in [2.05, 4.69) is 29.2 Å². The van der Waals surface area contributed by atoms with Crippen LogP contribution in [0.5, 0.6) is 0 Å². The maximum atomic E-state index is 5.68. The summed E-state index contributed by atoms with van der Waals surface area (Å²) in [4.78, 5) is 4.27. The minimum absolute atomic E-state index is 0.527. The number of aryl methyl sites for hydroxylation is 2. The van der Waals surface area contributed by atoms with Crippen LogP contribution >= 0.6 is 0 Å². The maximum absolute atomic E-state index is 5.68. The third-order valence-electron chi connectivity index (χ3n) is 2.64. The molecule has 0 saturated heterocycles. The second-order valence-electron chi connectivity index (χ2n) is 4.71. The predicted octanol–water partition coefficient (Wildman–Crippen LogP) is 2.01. The number of nitrogens with zero attached hydrogens (tertiary/aromatic N) is 3. The normalized spacial score (nSPS) is 11.3. The third-order valence-corrected chi connectivity index (χ3v) is 2.64. The van der Waals surface area contributed by atoms with Crippen LogP contribution in [0, 0.1) is 0 Å². The van der Waals surface area contributed by atoms with E-state index in [0.29, 0.717) is 6.04 Å². The molecule has 18 heavy (non-hydrogen) atoms. The maximum Gasteiger partial charge on any atom is 0.195 e. The number of aromatic nitrogens is 3. The quantitative estimate of drug-likeness (QED) is 0.794. The lowest BCUT2D eigenvalue weighted by Gasteiger charge is -2.05. The van der Waals surface area contributed by atoms with E-state index in [4.69, 9.17) is 4.42 Å². The van der Waals surface area contributed by atoms with Gasteiger partial charge in [-0.1, -0.05) is 13.8 Å². The molecule has 0 saturated carbocycles. The molecule has 1 N–H and O–H groups in total. The Morgan fingerprint density at radius 2 is 2.28 bits per heavy atom. The van der Waals surface area contributed by atoms with Crippen LogP contribution < -0.4 is 5.32 Å². The highest BCUT2D eigenvalue weighted by Crippen LogP contribution is 2.18. The lowest BCUT2D eigenvalue weighted by atomic mass is 10.3. The molecule has 98 valence electrons. The number of nitrogens with one attached hydrogen (secondary N) is 1. The van der Waals surface area contributed by atoms with E-state index in [9.17, 15) is 0 Å². The van der Waals surface area contributed by atoms with Gasteiger partial charge in [0.15, 0.2) is 11.7 Å². The van der Waals surface area contributed by atoms with Crippen LogP contribution in [0.25, 0.3) is 11.5 Å². The van der Waals surface area contributed by atoms with Crippen molar-refractivity contribution in [2.24, 2.45) is 7.05 Å². The van der Waals surface area contributed by atoms with Crippen molar-refractivity contribution >= 4 is 0 Å². The number of hydrogen-bond donors (Lipinski definition) is 1. The van der Waals surface area contributed by atoms with Crippen molar-refractivity contribution in [3.8, 4) is 11.5 Å². The first kappa shape index (κ1) is 12.8. The fraction of sp³-hybridized carbons (Fsp3) is 0.538. The monoisotopic (exact) mass is 248 g/mol. The second kappa shape index (κ2) is 5.82. The molecule has 0 unspecified atom stereocenters. The smallest absolute Gasteiger partial charge is 0.195 e. The summed E-state index contributed by atoms with van der Waals surface area (Å²) in [6.07, 6.45) is 5.52. The van der Waals surface area contributed by atoms with Gasteiger partial charge in [-0.2, -0.15) is 5.10 Å². The van der Waals surface area contributed by atoms with Gasteiger partial charge in [-0.05, 0) is 19.0 Å². The Kier molecular flexibility index (Phi) is 4.15. The lowest BCUT2D eigenvalue weighted by Crippen LogP contribution is -2.23. The molecule has 2 aromatic heterocycles. The zero-order valence-electron chi connectivity index (χ0n) is 11.2. The van der Waals surface area contributed by atoms with E-state index in [1.54, 1.807) is 10.9 Å². The predicted molar refractivity (Wildman–Crippen MR) is 70.2 cm³/mol. The third kappa shape index (κ3) is 3.43. The average Bonchev–Trinajstić information content (AvgIpc) is 2.93. The average molecular weight is 248 g/mol. The number of rotatable bonds is 6. The summed E-state index contributed by atoms with van der Waals surface area (Å²) >= 11 is 0. The van der Waals surface area contributed by atoms with Gasteiger partial charge in [-0.15, -0.1) is 0 Å². The molecule has 2 heterocycles. The van der Waals surface area contributed by atoms with Gasteiger partial charge in [0, 0.05) is 25.7 Å². The molecule has 0 amide bonds. The van der Waals surface area contributed by atoms with Gasteiger partial charge in [0.05, 0.1) is 6.20 Å². The Morgan fingerprint density at radius 3 is 2.94 bits per heavy atom. The first-order chi connectivity index (χ1) is 8.65. The number of hydrogen-bond acceptors (Lipinski definition) is 4. The van der Waals surface area contributed by atoms with E-state index in [1.165, 1.54) is 0 Å². The summed E-state index contributed by atoms with van der Waals surface area (Å²) in [6.45, 7) is 5.27. The van der Waals surface area contributed by atoms with Crippen LogP contribution in [-0.2, 0) is 13.5 Å². The van der Waals surface area contributed by atoms with Gasteiger partial charge < -0.3 is 9.73 Å². The minimum Gasteiger partial charge on any atom is -0.439 e. The lowest BCUT2D eigenvalue weighted by molar-refractivity contribution is 0.483. The molecule has 5 heteroatoms. The van der Waals surface area contributed by atoms with E-state index in [-0.39, 0.29) is 0 Å². The molecule has 0 atom stereocenters. The summed E-state index contributed by atoms with van der Waals surface area (Å²) in [5.74, 6) is 1.52. The van der Waals surface area contributed by atoms with Gasteiger partial charge >= 0.3 is 0 Å². The summed E-state index contributed by atoms with van der Waals surface area (Å²) in [7, 11) is 1.89. The van der Waals surface area contributed by atoms with Gasteiger partial charge in [0.2, 0.25) is 0 Å². The Hall–Kier alpha value is -1.62. The molecule has 0 aliphatic heterocycles. The largest absolute Gasteiger partial charge is 0.439 e. The Labute approximate surface area is 107 Å². The van der Waals surface area contributed by atoms with E-state index < -0.39 is 0 Å². The van der Waals surface area contributed by atoms with Crippen molar-refractivity contribution in [3.05, 3.63) is 24.4 Å². The molecule has 0 aliphatic rings. The zero-order chi connectivity index (χ0) is 13.0. The van der Waals surface area contributed by atoms with Gasteiger partial charge in [-0.3, -0.25) is 4.68 Å². The highest BCUT2D eigenvalue weighted by atomic mass is 16.4. The van der Waals surface area contributed by atoms with Crippen LogP contribution in [0.3, 0.4) is 0 Å². The Morgan fingerprint density at radius 1 is 1.44 bits per heavy atom. The van der Waals surface area contributed by atoms with Gasteiger partial charge in [0.25, 0.3) is 0 Å². The van der Waals surface area contributed by atoms with Crippen LogP contribution in [0.1, 0.15) is 26.2 Å². The van der Waals surface area contributed by atoms with Crippen molar-refractivity contribution in [2.75, 3.05) is 6.54 Å². The highest BCUT2D eigenvalue weighted by Gasteiger charge is 2.08. The summed E-state index contributed by atoms with van der Waals surface area (Å²) < 4.78 is 7.43. The number of oxazole rings is 1. The summed E-state index contributed by atoms with van der Waals surface area (Å²) in [6, 6.07) is 2.45. The minimum atomic E-state index is 0.527. The van der Waals surface area contributed by atoms with Crippen molar-refractivity contribution in [2.45, 2.75) is 32.7 Å².